The average Bonchev–Trinajstić information content (AvgIpc) is 2.31. The highest BCUT2D eigenvalue weighted by molar-refractivity contribution is 5.69. The maximum absolute atomic E-state index is 13.4. The smallest absolute Gasteiger partial charge is 0.167 e. The van der Waals surface area contributed by atoms with Crippen LogP contribution in [-0.4, -0.2) is 24.4 Å². The van der Waals surface area contributed by atoms with Gasteiger partial charge in [-0.3, -0.25) is 0 Å². The van der Waals surface area contributed by atoms with Crippen molar-refractivity contribution in [3.63, 3.8) is 0 Å². The lowest BCUT2D eigenvalue weighted by Crippen LogP contribution is -2.23. The molecule has 1 aromatic carbocycles. The van der Waals surface area contributed by atoms with E-state index in [1.807, 2.05) is 6.92 Å². The van der Waals surface area contributed by atoms with Crippen LogP contribution in [0.1, 0.15) is 20.3 Å². The first-order valence-corrected chi connectivity index (χ1v) is 5.71. The summed E-state index contributed by atoms with van der Waals surface area (Å²) < 4.78 is 18.6. The van der Waals surface area contributed by atoms with Gasteiger partial charge in [0.15, 0.2) is 11.6 Å². The Morgan fingerprint density at radius 1 is 1.47 bits per heavy atom. The van der Waals surface area contributed by atoms with E-state index in [4.69, 9.17) is 15.6 Å². The minimum Gasteiger partial charge on any atom is -0.491 e. The molecular weight excluding hydrogens is 223 g/mol. The highest BCUT2D eigenvalue weighted by Gasteiger charge is 2.11. The van der Waals surface area contributed by atoms with Gasteiger partial charge < -0.3 is 20.9 Å². The molecule has 1 atom stereocenters. The van der Waals surface area contributed by atoms with Gasteiger partial charge in [0, 0.05) is 18.2 Å². The van der Waals surface area contributed by atoms with Crippen molar-refractivity contribution in [1.82, 2.24) is 0 Å². The monoisotopic (exact) mass is 242 g/mol. The number of nitrogen functional groups attached to an aromatic ring is 1. The Kier molecular flexibility index (Phi) is 5.03. The van der Waals surface area contributed by atoms with Gasteiger partial charge in [0.25, 0.3) is 0 Å². The lowest BCUT2D eigenvalue weighted by molar-refractivity contribution is 0.271. The summed E-state index contributed by atoms with van der Waals surface area (Å²) >= 11 is 0. The summed E-state index contributed by atoms with van der Waals surface area (Å²) in [6.07, 6.45) is 0.747. The molecule has 96 valence electrons. The lowest BCUT2D eigenvalue weighted by Gasteiger charge is -2.18. The number of ether oxygens (including phenoxy) is 1. The van der Waals surface area contributed by atoms with E-state index >= 15 is 0 Å². The van der Waals surface area contributed by atoms with Gasteiger partial charge in [0.1, 0.15) is 0 Å². The number of hydrogen-bond acceptors (Lipinski definition) is 4. The number of nitrogens with one attached hydrogen (secondary N) is 1. The first kappa shape index (κ1) is 13.6. The molecule has 0 aliphatic heterocycles. The zero-order valence-corrected chi connectivity index (χ0v) is 10.2. The molecule has 0 heterocycles. The van der Waals surface area contributed by atoms with Crippen LogP contribution in [0.15, 0.2) is 12.1 Å². The van der Waals surface area contributed by atoms with Crippen molar-refractivity contribution in [2.45, 2.75) is 26.3 Å². The normalized spacial score (nSPS) is 12.2. The van der Waals surface area contributed by atoms with Crippen LogP contribution < -0.4 is 15.8 Å². The van der Waals surface area contributed by atoms with Gasteiger partial charge in [-0.1, -0.05) is 6.92 Å². The molecule has 4 N–H and O–H groups in total. The van der Waals surface area contributed by atoms with E-state index in [0.29, 0.717) is 18.0 Å². The number of aliphatic hydroxyl groups is 1. The molecule has 0 saturated heterocycles. The van der Waals surface area contributed by atoms with Gasteiger partial charge in [-0.2, -0.15) is 0 Å². The molecule has 0 spiro atoms. The van der Waals surface area contributed by atoms with E-state index in [1.54, 1.807) is 6.92 Å². The predicted octanol–water partition coefficient (Wildman–Crippen LogP) is 1.99. The number of nitrogens with two attached hydrogens (primary N) is 1. The van der Waals surface area contributed by atoms with Crippen LogP contribution in [0, 0.1) is 5.82 Å². The molecule has 4 nitrogen and oxygen atoms in total. The molecule has 0 aliphatic rings. The van der Waals surface area contributed by atoms with Crippen LogP contribution in [0.25, 0.3) is 0 Å². The van der Waals surface area contributed by atoms with Crippen molar-refractivity contribution in [1.29, 1.82) is 0 Å². The molecule has 0 aromatic heterocycles. The number of hydrogen-bond donors (Lipinski definition) is 3. The van der Waals surface area contributed by atoms with Crippen molar-refractivity contribution in [2.75, 3.05) is 24.3 Å². The fraction of sp³-hybridized carbons (Fsp3) is 0.500. The molecule has 0 bridgehead atoms. The SMILES string of the molecule is CCOc1cc(NC(CC)CO)c(N)cc1F. The average molecular weight is 242 g/mol. The molecule has 0 radical (unpaired) electrons. The molecule has 1 unspecified atom stereocenters. The molecule has 0 amide bonds. The third kappa shape index (κ3) is 3.49. The van der Waals surface area contributed by atoms with Crippen molar-refractivity contribution in [2.24, 2.45) is 0 Å². The maximum Gasteiger partial charge on any atom is 0.167 e. The second-order valence-electron chi connectivity index (χ2n) is 3.73. The Hall–Kier alpha value is -1.49. The summed E-state index contributed by atoms with van der Waals surface area (Å²) in [5.41, 5.74) is 6.59. The number of halogens is 1. The van der Waals surface area contributed by atoms with E-state index < -0.39 is 5.82 Å². The van der Waals surface area contributed by atoms with Crippen LogP contribution in [0.3, 0.4) is 0 Å². The Morgan fingerprint density at radius 2 is 2.18 bits per heavy atom. The van der Waals surface area contributed by atoms with Crippen molar-refractivity contribution in [3.05, 3.63) is 17.9 Å². The van der Waals surface area contributed by atoms with E-state index in [-0.39, 0.29) is 18.4 Å². The summed E-state index contributed by atoms with van der Waals surface area (Å²) in [6.45, 7) is 4.11. The molecule has 0 fully saturated rings. The maximum atomic E-state index is 13.4. The standard InChI is InChI=1S/C12H19FN2O2/c1-3-8(7-16)15-11-6-12(17-4-2)9(13)5-10(11)14/h5-6,8,15-16H,3-4,7,14H2,1-2H3. The van der Waals surface area contributed by atoms with Crippen LogP contribution in [0.5, 0.6) is 5.75 Å². The fourth-order valence-corrected chi connectivity index (χ4v) is 1.46. The Labute approximate surface area is 101 Å². The minimum absolute atomic E-state index is 0.00269. The Bertz CT molecular complexity index is 368. The van der Waals surface area contributed by atoms with Crippen LogP contribution >= 0.6 is 0 Å². The first-order chi connectivity index (χ1) is 8.12. The molecule has 0 aliphatic carbocycles. The second-order valence-corrected chi connectivity index (χ2v) is 3.73. The second kappa shape index (κ2) is 6.30. The van der Waals surface area contributed by atoms with E-state index in [9.17, 15) is 4.39 Å². The van der Waals surface area contributed by atoms with Gasteiger partial charge >= 0.3 is 0 Å². The molecule has 5 heteroatoms. The quantitative estimate of drug-likeness (QED) is 0.667. The molecule has 1 rings (SSSR count). The first-order valence-electron chi connectivity index (χ1n) is 5.71. The van der Waals surface area contributed by atoms with Crippen LogP contribution in [0.2, 0.25) is 0 Å². The van der Waals surface area contributed by atoms with Crippen LogP contribution in [0.4, 0.5) is 15.8 Å². The largest absolute Gasteiger partial charge is 0.491 e. The summed E-state index contributed by atoms with van der Waals surface area (Å²) in [7, 11) is 0. The predicted molar refractivity (Wildman–Crippen MR) is 66.8 cm³/mol. The number of rotatable bonds is 6. The van der Waals surface area contributed by atoms with Crippen molar-refractivity contribution >= 4 is 11.4 Å². The minimum atomic E-state index is -0.480. The third-order valence-corrected chi connectivity index (χ3v) is 2.48. The summed E-state index contributed by atoms with van der Waals surface area (Å²) in [5, 5.41) is 12.1. The summed E-state index contributed by atoms with van der Waals surface area (Å²) in [5.74, 6) is -0.316. The summed E-state index contributed by atoms with van der Waals surface area (Å²) in [6, 6.07) is 2.64. The molecule has 17 heavy (non-hydrogen) atoms. The Morgan fingerprint density at radius 3 is 2.71 bits per heavy atom. The van der Waals surface area contributed by atoms with Gasteiger partial charge in [-0.05, 0) is 13.3 Å². The van der Waals surface area contributed by atoms with E-state index in [2.05, 4.69) is 5.32 Å². The number of benzene rings is 1. The molecule has 1 aromatic rings. The lowest BCUT2D eigenvalue weighted by atomic mass is 10.2. The summed E-state index contributed by atoms with van der Waals surface area (Å²) in [4.78, 5) is 0. The highest BCUT2D eigenvalue weighted by atomic mass is 19.1. The zero-order chi connectivity index (χ0) is 12.8. The van der Waals surface area contributed by atoms with Crippen molar-refractivity contribution in [3.8, 4) is 5.75 Å². The van der Waals surface area contributed by atoms with Crippen LogP contribution in [-0.2, 0) is 0 Å². The third-order valence-electron chi connectivity index (χ3n) is 2.48. The molecular formula is C12H19FN2O2. The van der Waals surface area contributed by atoms with E-state index in [0.717, 1.165) is 6.42 Å². The Balaban J connectivity index is 2.94. The van der Waals surface area contributed by atoms with Gasteiger partial charge in [-0.25, -0.2) is 4.39 Å². The van der Waals surface area contributed by atoms with E-state index in [1.165, 1.54) is 12.1 Å². The topological polar surface area (TPSA) is 67.5 Å². The number of aliphatic hydroxyl groups excluding tert-OH is 1. The zero-order valence-electron chi connectivity index (χ0n) is 10.2. The van der Waals surface area contributed by atoms with Gasteiger partial charge in [-0.15, -0.1) is 0 Å². The van der Waals surface area contributed by atoms with Gasteiger partial charge in [0.2, 0.25) is 0 Å². The number of anilines is 2. The van der Waals surface area contributed by atoms with Gasteiger partial charge in [0.05, 0.1) is 24.6 Å². The van der Waals surface area contributed by atoms with Crippen molar-refractivity contribution < 1.29 is 14.2 Å². The molecule has 0 saturated carbocycles. The fourth-order valence-electron chi connectivity index (χ4n) is 1.46. The highest BCUT2D eigenvalue weighted by Crippen LogP contribution is 2.28.